The molecule has 1 saturated carbocycles. The smallest absolute Gasteiger partial charge is 0.210 e. The molecule has 0 heterocycles. The highest BCUT2D eigenvalue weighted by Gasteiger charge is 2.52. The summed E-state index contributed by atoms with van der Waals surface area (Å²) in [6.07, 6.45) is 0.294. The van der Waals surface area contributed by atoms with Gasteiger partial charge in [0.1, 0.15) is 0 Å². The van der Waals surface area contributed by atoms with E-state index < -0.39 is 11.8 Å². The summed E-state index contributed by atoms with van der Waals surface area (Å²) < 4.78 is 24.4. The number of rotatable bonds is 3. The Labute approximate surface area is 59.2 Å². The molecule has 10 heavy (non-hydrogen) atoms. The zero-order valence-corrected chi connectivity index (χ0v) is 5.74. The van der Waals surface area contributed by atoms with Gasteiger partial charge in [-0.2, -0.15) is 0 Å². The fourth-order valence-electron chi connectivity index (χ4n) is 1.02. The van der Waals surface area contributed by atoms with Crippen LogP contribution in [0, 0.1) is 5.41 Å². The molecule has 1 aliphatic rings. The van der Waals surface area contributed by atoms with Crippen molar-refractivity contribution in [3.8, 4) is 0 Å². The molecular weight excluding hydrogens is 134 g/mol. The summed E-state index contributed by atoms with van der Waals surface area (Å²) in [5, 5.41) is 0. The third kappa shape index (κ3) is 0.877. The van der Waals surface area contributed by atoms with Gasteiger partial charge < -0.3 is 0 Å². The van der Waals surface area contributed by atoms with Crippen LogP contribution in [0.1, 0.15) is 12.8 Å². The molecule has 0 N–H and O–H groups in total. The van der Waals surface area contributed by atoms with Gasteiger partial charge in [-0.15, -0.1) is 0 Å². The number of hydrogen-bond donors (Lipinski definition) is 0. The molecule has 0 amide bonds. The second-order valence-electron chi connectivity index (χ2n) is 2.69. The van der Waals surface area contributed by atoms with Crippen molar-refractivity contribution in [2.24, 2.45) is 5.41 Å². The van der Waals surface area contributed by atoms with Crippen LogP contribution in [0.2, 0.25) is 0 Å². The highest BCUT2D eigenvalue weighted by Crippen LogP contribution is 2.55. The van der Waals surface area contributed by atoms with Gasteiger partial charge in [0, 0.05) is 0 Å². The van der Waals surface area contributed by atoms with E-state index in [-0.39, 0.29) is 0 Å². The Balaban J connectivity index is 2.69. The normalized spacial score (nSPS) is 20.7. The van der Waals surface area contributed by atoms with Crippen molar-refractivity contribution in [1.29, 1.82) is 0 Å². The van der Waals surface area contributed by atoms with Crippen molar-refractivity contribution in [3.63, 3.8) is 0 Å². The quantitative estimate of drug-likeness (QED) is 0.534. The monoisotopic (exact) mass is 144 g/mol. The first kappa shape index (κ1) is 7.45. The van der Waals surface area contributed by atoms with E-state index >= 15 is 0 Å². The average Bonchev–Trinajstić information content (AvgIpc) is 2.65. The van der Waals surface area contributed by atoms with Crippen molar-refractivity contribution in [2.75, 3.05) is 0 Å². The van der Waals surface area contributed by atoms with E-state index in [2.05, 4.69) is 13.2 Å². The van der Waals surface area contributed by atoms with Crippen molar-refractivity contribution in [2.45, 2.75) is 19.3 Å². The molecule has 1 fully saturated rings. The van der Waals surface area contributed by atoms with Gasteiger partial charge >= 0.3 is 0 Å². The lowest BCUT2D eigenvalue weighted by Gasteiger charge is -2.12. The van der Waals surface area contributed by atoms with E-state index in [4.69, 9.17) is 0 Å². The van der Waals surface area contributed by atoms with E-state index in [0.29, 0.717) is 18.4 Å². The van der Waals surface area contributed by atoms with E-state index in [0.717, 1.165) is 0 Å². The lowest BCUT2D eigenvalue weighted by molar-refractivity contribution is 0.0833. The standard InChI is InChI=1S/C8H10F2/c1-3-6(2)8(4-5-8)7(9)10/h3,7H,1-2,4-5H2. The average molecular weight is 144 g/mol. The summed E-state index contributed by atoms with van der Waals surface area (Å²) in [4.78, 5) is 0. The summed E-state index contributed by atoms with van der Waals surface area (Å²) in [6.45, 7) is 6.95. The molecule has 0 bridgehead atoms. The topological polar surface area (TPSA) is 0 Å². The molecule has 0 aromatic heterocycles. The molecule has 1 rings (SSSR count). The lowest BCUT2D eigenvalue weighted by Crippen LogP contribution is -2.12. The van der Waals surface area contributed by atoms with Gasteiger partial charge in [-0.3, -0.25) is 0 Å². The minimum absolute atomic E-state index is 0.488. The second kappa shape index (κ2) is 2.19. The molecule has 0 aromatic carbocycles. The van der Waals surface area contributed by atoms with Gasteiger partial charge in [-0.05, 0) is 18.4 Å². The number of halogens is 2. The van der Waals surface area contributed by atoms with Crippen molar-refractivity contribution < 1.29 is 8.78 Å². The van der Waals surface area contributed by atoms with Crippen LogP contribution in [0.4, 0.5) is 8.78 Å². The molecule has 0 aromatic rings. The molecule has 56 valence electrons. The van der Waals surface area contributed by atoms with E-state index in [1.54, 1.807) is 0 Å². The van der Waals surface area contributed by atoms with Crippen LogP contribution < -0.4 is 0 Å². The first-order chi connectivity index (χ1) is 4.63. The summed E-state index contributed by atoms with van der Waals surface area (Å²) in [5.74, 6) is 0. The number of allylic oxidation sites excluding steroid dienone is 2. The minimum atomic E-state index is -2.27. The Morgan fingerprint density at radius 3 is 2.10 bits per heavy atom. The largest absolute Gasteiger partial charge is 0.248 e. The van der Waals surface area contributed by atoms with Crippen molar-refractivity contribution >= 4 is 0 Å². The minimum Gasteiger partial charge on any atom is -0.210 e. The lowest BCUT2D eigenvalue weighted by atomic mass is 9.98. The molecule has 1 aliphatic carbocycles. The van der Waals surface area contributed by atoms with Crippen LogP contribution in [0.3, 0.4) is 0 Å². The molecule has 0 spiro atoms. The van der Waals surface area contributed by atoms with Crippen molar-refractivity contribution in [1.82, 2.24) is 0 Å². The maximum atomic E-state index is 12.2. The summed E-state index contributed by atoms with van der Waals surface area (Å²) in [6, 6.07) is 0. The third-order valence-electron chi connectivity index (χ3n) is 2.09. The fraction of sp³-hybridized carbons (Fsp3) is 0.500. The maximum Gasteiger partial charge on any atom is 0.248 e. The molecule has 0 nitrogen and oxygen atoms in total. The number of hydrogen-bond acceptors (Lipinski definition) is 0. The predicted octanol–water partition coefficient (Wildman–Crippen LogP) is 2.77. The molecule has 0 saturated heterocycles. The van der Waals surface area contributed by atoms with Crippen LogP contribution in [-0.2, 0) is 0 Å². The summed E-state index contributed by atoms with van der Waals surface area (Å²) >= 11 is 0. The number of alkyl halides is 2. The van der Waals surface area contributed by atoms with Crippen LogP contribution in [-0.4, -0.2) is 6.43 Å². The van der Waals surface area contributed by atoms with E-state index in [1.807, 2.05) is 0 Å². The van der Waals surface area contributed by atoms with Gasteiger partial charge in [0.25, 0.3) is 0 Å². The highest BCUT2D eigenvalue weighted by molar-refractivity contribution is 5.28. The molecule has 2 heteroatoms. The Morgan fingerprint density at radius 2 is 2.00 bits per heavy atom. The summed E-state index contributed by atoms with van der Waals surface area (Å²) in [5.41, 5.74) is -0.399. The SMILES string of the molecule is C=CC(=C)C1(C(F)F)CC1. The third-order valence-corrected chi connectivity index (χ3v) is 2.09. The van der Waals surface area contributed by atoms with Crippen molar-refractivity contribution in [3.05, 3.63) is 24.8 Å². The predicted molar refractivity (Wildman–Crippen MR) is 37.0 cm³/mol. The van der Waals surface area contributed by atoms with Gasteiger partial charge in [0.15, 0.2) is 0 Å². The fourth-order valence-corrected chi connectivity index (χ4v) is 1.02. The molecule has 0 atom stereocenters. The Bertz CT molecular complexity index is 166. The molecule has 0 radical (unpaired) electrons. The van der Waals surface area contributed by atoms with Crippen LogP contribution in [0.15, 0.2) is 24.8 Å². The molecule has 0 aliphatic heterocycles. The zero-order chi connectivity index (χ0) is 7.78. The Kier molecular flexibility index (Phi) is 1.63. The van der Waals surface area contributed by atoms with Gasteiger partial charge in [0.2, 0.25) is 6.43 Å². The zero-order valence-electron chi connectivity index (χ0n) is 5.74. The van der Waals surface area contributed by atoms with E-state index in [1.165, 1.54) is 6.08 Å². The molecular formula is C8H10F2. The Morgan fingerprint density at radius 1 is 1.50 bits per heavy atom. The summed E-state index contributed by atoms with van der Waals surface area (Å²) in [7, 11) is 0. The Hall–Kier alpha value is -0.660. The van der Waals surface area contributed by atoms with Crippen LogP contribution in [0.5, 0.6) is 0 Å². The van der Waals surface area contributed by atoms with Crippen LogP contribution in [0.25, 0.3) is 0 Å². The second-order valence-corrected chi connectivity index (χ2v) is 2.69. The first-order valence-corrected chi connectivity index (χ1v) is 3.23. The maximum absolute atomic E-state index is 12.2. The highest BCUT2D eigenvalue weighted by atomic mass is 19.3. The van der Waals surface area contributed by atoms with Gasteiger partial charge in [0.05, 0.1) is 5.41 Å². The van der Waals surface area contributed by atoms with E-state index in [9.17, 15) is 8.78 Å². The first-order valence-electron chi connectivity index (χ1n) is 3.23. The van der Waals surface area contributed by atoms with Gasteiger partial charge in [-0.1, -0.05) is 19.2 Å². The molecule has 0 unspecified atom stereocenters. The van der Waals surface area contributed by atoms with Crippen LogP contribution >= 0.6 is 0 Å². The van der Waals surface area contributed by atoms with Gasteiger partial charge in [-0.25, -0.2) is 8.78 Å².